The molecule has 0 fully saturated rings. The van der Waals surface area contributed by atoms with Gasteiger partial charge in [0, 0.05) is 12.2 Å². The molecule has 0 bridgehead atoms. The van der Waals surface area contributed by atoms with Crippen molar-refractivity contribution in [3.63, 3.8) is 0 Å². The van der Waals surface area contributed by atoms with E-state index in [9.17, 15) is 4.79 Å². The highest BCUT2D eigenvalue weighted by molar-refractivity contribution is 5.93. The number of ether oxygens (including phenoxy) is 2. The Labute approximate surface area is 216 Å². The number of carbonyl (C=O) groups excluding carboxylic acids is 1. The fourth-order valence-corrected chi connectivity index (χ4v) is 4.31. The van der Waals surface area contributed by atoms with Crippen LogP contribution in [0.4, 0.5) is 0 Å². The largest absolute Gasteiger partial charge is 0.496 e. The molecule has 0 unspecified atom stereocenters. The first-order valence-corrected chi connectivity index (χ1v) is 11.9. The van der Waals surface area contributed by atoms with Gasteiger partial charge in [0.1, 0.15) is 17.2 Å². The zero-order chi connectivity index (χ0) is 25.6. The summed E-state index contributed by atoms with van der Waals surface area (Å²) in [7, 11) is 3.28. The van der Waals surface area contributed by atoms with Crippen molar-refractivity contribution in [1.29, 1.82) is 0 Å². The molecule has 5 aromatic rings. The molecule has 1 amide bonds. The number of carbonyl (C=O) groups is 1. The standard InChI is InChI=1S/C31H27N3O3/c1-36-28-9-6-10-29(37-2)30(28)25-15-17-26(18-16-25)34-21-32-20-27(34)31(35)33-19-22-11-13-24(14-12-22)23-7-4-3-5-8-23/h3-18,20-21H,19H2,1-2H3,(H,33,35). The Bertz CT molecular complexity index is 1470. The van der Waals surface area contributed by atoms with E-state index in [1.54, 1.807) is 31.3 Å². The summed E-state index contributed by atoms with van der Waals surface area (Å²) in [5, 5.41) is 3.01. The van der Waals surface area contributed by atoms with Crippen LogP contribution in [0, 0.1) is 0 Å². The number of amides is 1. The van der Waals surface area contributed by atoms with E-state index in [-0.39, 0.29) is 5.91 Å². The number of nitrogens with zero attached hydrogens (tertiary/aromatic N) is 2. The lowest BCUT2D eigenvalue weighted by molar-refractivity contribution is 0.0944. The van der Waals surface area contributed by atoms with Gasteiger partial charge in [0.05, 0.1) is 32.3 Å². The second-order valence-corrected chi connectivity index (χ2v) is 8.48. The van der Waals surface area contributed by atoms with Crippen molar-refractivity contribution >= 4 is 5.91 Å². The van der Waals surface area contributed by atoms with Crippen LogP contribution in [0.15, 0.2) is 110 Å². The fraction of sp³-hybridized carbons (Fsp3) is 0.0968. The van der Waals surface area contributed by atoms with Gasteiger partial charge in [-0.15, -0.1) is 0 Å². The van der Waals surface area contributed by atoms with Crippen molar-refractivity contribution in [3.05, 3.63) is 121 Å². The average molecular weight is 490 g/mol. The predicted octanol–water partition coefficient (Wildman–Crippen LogP) is 6.15. The zero-order valence-corrected chi connectivity index (χ0v) is 20.7. The van der Waals surface area contributed by atoms with E-state index in [0.717, 1.165) is 45.0 Å². The van der Waals surface area contributed by atoms with Crippen molar-refractivity contribution in [2.45, 2.75) is 6.54 Å². The summed E-state index contributed by atoms with van der Waals surface area (Å²) < 4.78 is 12.9. The van der Waals surface area contributed by atoms with Crippen LogP contribution in [0.25, 0.3) is 27.9 Å². The van der Waals surface area contributed by atoms with Gasteiger partial charge < -0.3 is 14.8 Å². The van der Waals surface area contributed by atoms with E-state index in [1.807, 2.05) is 72.8 Å². The number of imidazole rings is 1. The van der Waals surface area contributed by atoms with Crippen molar-refractivity contribution in [1.82, 2.24) is 14.9 Å². The third-order valence-electron chi connectivity index (χ3n) is 6.25. The van der Waals surface area contributed by atoms with Crippen LogP contribution >= 0.6 is 0 Å². The molecule has 184 valence electrons. The van der Waals surface area contributed by atoms with E-state index in [4.69, 9.17) is 9.47 Å². The van der Waals surface area contributed by atoms with Crippen molar-refractivity contribution in [2.24, 2.45) is 0 Å². The van der Waals surface area contributed by atoms with Gasteiger partial charge in [-0.2, -0.15) is 0 Å². The van der Waals surface area contributed by atoms with Crippen LogP contribution in [0.3, 0.4) is 0 Å². The van der Waals surface area contributed by atoms with Gasteiger partial charge in [-0.05, 0) is 46.5 Å². The summed E-state index contributed by atoms with van der Waals surface area (Å²) >= 11 is 0. The van der Waals surface area contributed by atoms with Crippen LogP contribution in [0.5, 0.6) is 11.5 Å². The Morgan fingerprint density at radius 1 is 0.757 bits per heavy atom. The minimum Gasteiger partial charge on any atom is -0.496 e. The quantitative estimate of drug-likeness (QED) is 0.284. The Morgan fingerprint density at radius 3 is 2.03 bits per heavy atom. The number of aromatic nitrogens is 2. The normalized spacial score (nSPS) is 10.6. The highest BCUT2D eigenvalue weighted by atomic mass is 16.5. The van der Waals surface area contributed by atoms with Gasteiger partial charge in [0.15, 0.2) is 0 Å². The Morgan fingerprint density at radius 2 is 1.38 bits per heavy atom. The molecule has 0 spiro atoms. The summed E-state index contributed by atoms with van der Waals surface area (Å²) in [5.41, 5.74) is 6.44. The first kappa shape index (κ1) is 23.9. The number of rotatable bonds is 8. The SMILES string of the molecule is COc1cccc(OC)c1-c1ccc(-n2cncc2C(=O)NCc2ccc(-c3ccccc3)cc2)cc1. The van der Waals surface area contributed by atoms with E-state index in [1.165, 1.54) is 0 Å². The molecule has 6 heteroatoms. The summed E-state index contributed by atoms with van der Waals surface area (Å²) in [6.45, 7) is 0.422. The number of nitrogens with one attached hydrogen (secondary N) is 1. The minimum atomic E-state index is -0.194. The van der Waals surface area contributed by atoms with Crippen LogP contribution in [0.1, 0.15) is 16.1 Å². The average Bonchev–Trinajstić information content (AvgIpc) is 3.46. The first-order chi connectivity index (χ1) is 18.2. The van der Waals surface area contributed by atoms with Crippen LogP contribution in [-0.2, 0) is 6.54 Å². The maximum atomic E-state index is 13.0. The molecule has 1 aromatic heterocycles. The molecule has 6 nitrogen and oxygen atoms in total. The number of methoxy groups -OCH3 is 2. The zero-order valence-electron chi connectivity index (χ0n) is 20.7. The smallest absolute Gasteiger partial charge is 0.270 e. The molecule has 0 saturated carbocycles. The molecule has 1 heterocycles. The van der Waals surface area contributed by atoms with Gasteiger partial charge in [-0.3, -0.25) is 9.36 Å². The van der Waals surface area contributed by atoms with Crippen molar-refractivity contribution in [2.75, 3.05) is 14.2 Å². The minimum absolute atomic E-state index is 0.194. The van der Waals surface area contributed by atoms with Gasteiger partial charge >= 0.3 is 0 Å². The van der Waals surface area contributed by atoms with Gasteiger partial charge in [0.25, 0.3) is 5.91 Å². The lowest BCUT2D eigenvalue weighted by atomic mass is 10.0. The molecular formula is C31H27N3O3. The lowest BCUT2D eigenvalue weighted by Gasteiger charge is -2.14. The van der Waals surface area contributed by atoms with Crippen molar-refractivity contribution < 1.29 is 14.3 Å². The summed E-state index contributed by atoms with van der Waals surface area (Å²) in [6, 6.07) is 32.0. The maximum absolute atomic E-state index is 13.0. The third-order valence-corrected chi connectivity index (χ3v) is 6.25. The molecule has 0 radical (unpaired) electrons. The van der Waals surface area contributed by atoms with E-state index >= 15 is 0 Å². The number of benzene rings is 4. The predicted molar refractivity (Wildman–Crippen MR) is 145 cm³/mol. The summed E-state index contributed by atoms with van der Waals surface area (Å²) in [4.78, 5) is 17.2. The molecule has 0 aliphatic heterocycles. The lowest BCUT2D eigenvalue weighted by Crippen LogP contribution is -2.25. The molecule has 0 aliphatic carbocycles. The fourth-order valence-electron chi connectivity index (χ4n) is 4.31. The topological polar surface area (TPSA) is 65.4 Å². The molecule has 0 saturated heterocycles. The van der Waals surface area contributed by atoms with E-state index < -0.39 is 0 Å². The van der Waals surface area contributed by atoms with Gasteiger partial charge in [-0.1, -0.05) is 72.8 Å². The molecule has 37 heavy (non-hydrogen) atoms. The molecule has 0 atom stereocenters. The first-order valence-electron chi connectivity index (χ1n) is 11.9. The molecule has 1 N–H and O–H groups in total. The highest BCUT2D eigenvalue weighted by Gasteiger charge is 2.15. The molecule has 4 aromatic carbocycles. The van der Waals surface area contributed by atoms with Crippen LogP contribution < -0.4 is 14.8 Å². The second kappa shape index (κ2) is 10.8. The number of hydrogen-bond donors (Lipinski definition) is 1. The van der Waals surface area contributed by atoms with Gasteiger partial charge in [0.2, 0.25) is 0 Å². The molecular weight excluding hydrogens is 462 g/mol. The van der Waals surface area contributed by atoms with Gasteiger partial charge in [-0.25, -0.2) is 4.98 Å². The molecule has 0 aliphatic rings. The van der Waals surface area contributed by atoms with Crippen LogP contribution in [-0.4, -0.2) is 29.7 Å². The van der Waals surface area contributed by atoms with Crippen LogP contribution in [0.2, 0.25) is 0 Å². The molecule has 5 rings (SSSR count). The highest BCUT2D eigenvalue weighted by Crippen LogP contribution is 2.38. The Balaban J connectivity index is 1.30. The maximum Gasteiger partial charge on any atom is 0.270 e. The Hall–Kier alpha value is -4.84. The summed E-state index contributed by atoms with van der Waals surface area (Å²) in [5.74, 6) is 1.26. The van der Waals surface area contributed by atoms with Crippen molar-refractivity contribution in [3.8, 4) is 39.4 Å². The van der Waals surface area contributed by atoms with E-state index in [0.29, 0.717) is 12.2 Å². The third kappa shape index (κ3) is 5.09. The summed E-state index contributed by atoms with van der Waals surface area (Å²) in [6.07, 6.45) is 3.22. The Kier molecular flexibility index (Phi) is 6.99. The second-order valence-electron chi connectivity index (χ2n) is 8.48. The number of hydrogen-bond acceptors (Lipinski definition) is 4. The van der Waals surface area contributed by atoms with E-state index in [2.05, 4.69) is 34.6 Å². The monoisotopic (exact) mass is 489 g/mol.